The summed E-state index contributed by atoms with van der Waals surface area (Å²) in [5.41, 5.74) is 0.0741. The molecule has 1 aliphatic rings. The standard InChI is InChI=1S/C13H26N2O/c1-6-7-14-11-8-12(2,3)15(10-16)13(4,5)9-11/h6,11,14,16H,1,7-10H2,2-5H3. The van der Waals surface area contributed by atoms with E-state index in [2.05, 4.69) is 44.5 Å². The first kappa shape index (κ1) is 13.7. The van der Waals surface area contributed by atoms with Gasteiger partial charge in [0.25, 0.3) is 0 Å². The van der Waals surface area contributed by atoms with Gasteiger partial charge >= 0.3 is 0 Å². The van der Waals surface area contributed by atoms with Crippen LogP contribution in [-0.4, -0.2) is 40.4 Å². The van der Waals surface area contributed by atoms with Crippen LogP contribution in [-0.2, 0) is 0 Å². The van der Waals surface area contributed by atoms with Crippen LogP contribution in [0.25, 0.3) is 0 Å². The van der Waals surface area contributed by atoms with Crippen LogP contribution in [0.1, 0.15) is 40.5 Å². The zero-order valence-corrected chi connectivity index (χ0v) is 11.1. The number of aliphatic hydroxyl groups excluding tert-OH is 1. The van der Waals surface area contributed by atoms with Crippen molar-refractivity contribution in [3.05, 3.63) is 12.7 Å². The number of rotatable bonds is 4. The van der Waals surface area contributed by atoms with E-state index >= 15 is 0 Å². The fraction of sp³-hybridized carbons (Fsp3) is 0.846. The Morgan fingerprint density at radius 2 is 1.81 bits per heavy atom. The van der Waals surface area contributed by atoms with Crippen molar-refractivity contribution >= 4 is 0 Å². The lowest BCUT2D eigenvalue weighted by atomic mass is 9.77. The van der Waals surface area contributed by atoms with Crippen molar-refractivity contribution < 1.29 is 5.11 Å². The lowest BCUT2D eigenvalue weighted by molar-refractivity contribution is -0.0898. The Morgan fingerprint density at radius 1 is 1.31 bits per heavy atom. The zero-order valence-electron chi connectivity index (χ0n) is 11.1. The molecule has 0 spiro atoms. The minimum Gasteiger partial charge on any atom is -0.381 e. The van der Waals surface area contributed by atoms with Crippen molar-refractivity contribution in [1.82, 2.24) is 10.2 Å². The maximum absolute atomic E-state index is 9.51. The van der Waals surface area contributed by atoms with E-state index in [-0.39, 0.29) is 17.8 Å². The highest BCUT2D eigenvalue weighted by Crippen LogP contribution is 2.37. The first-order chi connectivity index (χ1) is 7.33. The molecular formula is C13H26N2O. The Hall–Kier alpha value is -0.380. The van der Waals surface area contributed by atoms with E-state index in [0.717, 1.165) is 19.4 Å². The van der Waals surface area contributed by atoms with Gasteiger partial charge in [0.1, 0.15) is 0 Å². The number of piperidine rings is 1. The highest BCUT2D eigenvalue weighted by molar-refractivity contribution is 5.01. The first-order valence-electron chi connectivity index (χ1n) is 6.06. The van der Waals surface area contributed by atoms with E-state index in [0.29, 0.717) is 6.04 Å². The van der Waals surface area contributed by atoms with Gasteiger partial charge in [0.2, 0.25) is 0 Å². The minimum absolute atomic E-state index is 0.0370. The third kappa shape index (κ3) is 2.84. The molecule has 0 aromatic rings. The molecule has 0 bridgehead atoms. The quantitative estimate of drug-likeness (QED) is 0.717. The Bertz CT molecular complexity index is 230. The van der Waals surface area contributed by atoms with E-state index in [9.17, 15) is 5.11 Å². The SMILES string of the molecule is C=CCNC1CC(C)(C)N(CO)C(C)(C)C1. The van der Waals surface area contributed by atoms with Crippen LogP contribution in [0.2, 0.25) is 0 Å². The summed E-state index contributed by atoms with van der Waals surface area (Å²) in [7, 11) is 0. The highest BCUT2D eigenvalue weighted by Gasteiger charge is 2.44. The highest BCUT2D eigenvalue weighted by atomic mass is 16.3. The van der Waals surface area contributed by atoms with Crippen LogP contribution in [0.4, 0.5) is 0 Å². The molecule has 0 aromatic heterocycles. The minimum atomic E-state index is 0.0370. The fourth-order valence-electron chi connectivity index (χ4n) is 3.10. The van der Waals surface area contributed by atoms with E-state index in [1.165, 1.54) is 0 Å². The molecule has 0 amide bonds. The average molecular weight is 226 g/mol. The summed E-state index contributed by atoms with van der Waals surface area (Å²) in [5.74, 6) is 0. The fourth-order valence-corrected chi connectivity index (χ4v) is 3.10. The second kappa shape index (κ2) is 4.86. The summed E-state index contributed by atoms with van der Waals surface area (Å²) in [6.07, 6.45) is 4.02. The molecular weight excluding hydrogens is 200 g/mol. The summed E-state index contributed by atoms with van der Waals surface area (Å²) in [6, 6.07) is 0.505. The summed E-state index contributed by atoms with van der Waals surface area (Å²) >= 11 is 0. The predicted octanol–water partition coefficient (Wildman–Crippen LogP) is 1.73. The third-order valence-corrected chi connectivity index (χ3v) is 3.65. The van der Waals surface area contributed by atoms with Gasteiger partial charge < -0.3 is 10.4 Å². The Balaban J connectivity index is 2.76. The molecule has 0 saturated carbocycles. The molecule has 0 atom stereocenters. The van der Waals surface area contributed by atoms with Crippen molar-refractivity contribution in [2.75, 3.05) is 13.3 Å². The molecule has 0 aliphatic carbocycles. The van der Waals surface area contributed by atoms with Crippen molar-refractivity contribution in [3.63, 3.8) is 0 Å². The van der Waals surface area contributed by atoms with Gasteiger partial charge in [0.05, 0.1) is 6.73 Å². The molecule has 1 rings (SSSR count). The zero-order chi connectivity index (χ0) is 12.4. The van der Waals surface area contributed by atoms with Crippen LogP contribution in [0.5, 0.6) is 0 Å². The molecule has 1 heterocycles. The number of hydrogen-bond donors (Lipinski definition) is 2. The summed E-state index contributed by atoms with van der Waals surface area (Å²) in [5, 5.41) is 13.0. The van der Waals surface area contributed by atoms with Crippen LogP contribution in [0.15, 0.2) is 12.7 Å². The lowest BCUT2D eigenvalue weighted by Gasteiger charge is -2.54. The number of likely N-dealkylation sites (tertiary alicyclic amines) is 1. The molecule has 0 aromatic carbocycles. The number of nitrogens with zero attached hydrogens (tertiary/aromatic N) is 1. The number of aliphatic hydroxyl groups is 1. The number of nitrogens with one attached hydrogen (secondary N) is 1. The van der Waals surface area contributed by atoms with Crippen molar-refractivity contribution in [1.29, 1.82) is 0 Å². The largest absolute Gasteiger partial charge is 0.381 e. The van der Waals surface area contributed by atoms with Crippen LogP contribution in [0.3, 0.4) is 0 Å². The monoisotopic (exact) mass is 226 g/mol. The third-order valence-electron chi connectivity index (χ3n) is 3.65. The topological polar surface area (TPSA) is 35.5 Å². The van der Waals surface area contributed by atoms with E-state index in [1.807, 2.05) is 6.08 Å². The second-order valence-electron chi connectivity index (χ2n) is 6.00. The maximum atomic E-state index is 9.51. The van der Waals surface area contributed by atoms with Gasteiger partial charge in [-0.3, -0.25) is 4.90 Å². The molecule has 16 heavy (non-hydrogen) atoms. The van der Waals surface area contributed by atoms with Gasteiger partial charge in [0.15, 0.2) is 0 Å². The van der Waals surface area contributed by atoms with Gasteiger partial charge in [-0.1, -0.05) is 6.08 Å². The normalized spacial score (nSPS) is 25.6. The molecule has 0 unspecified atom stereocenters. The van der Waals surface area contributed by atoms with Gasteiger partial charge in [0, 0.05) is 23.7 Å². The summed E-state index contributed by atoms with van der Waals surface area (Å²) in [6.45, 7) is 13.5. The smallest absolute Gasteiger partial charge is 0.0965 e. The molecule has 1 saturated heterocycles. The van der Waals surface area contributed by atoms with Crippen molar-refractivity contribution in [2.45, 2.75) is 57.7 Å². The average Bonchev–Trinajstić information content (AvgIpc) is 2.11. The second-order valence-corrected chi connectivity index (χ2v) is 6.00. The van der Waals surface area contributed by atoms with Crippen LogP contribution >= 0.6 is 0 Å². The van der Waals surface area contributed by atoms with Crippen molar-refractivity contribution in [2.24, 2.45) is 0 Å². The molecule has 1 aliphatic heterocycles. The summed E-state index contributed by atoms with van der Waals surface area (Å²) < 4.78 is 0. The Morgan fingerprint density at radius 3 is 2.19 bits per heavy atom. The Labute approximate surface area is 99.5 Å². The molecule has 2 N–H and O–H groups in total. The van der Waals surface area contributed by atoms with Crippen LogP contribution in [0, 0.1) is 0 Å². The molecule has 1 fully saturated rings. The lowest BCUT2D eigenvalue weighted by Crippen LogP contribution is -2.64. The number of hydrogen-bond acceptors (Lipinski definition) is 3. The molecule has 0 radical (unpaired) electrons. The maximum Gasteiger partial charge on any atom is 0.0965 e. The first-order valence-corrected chi connectivity index (χ1v) is 6.06. The van der Waals surface area contributed by atoms with Gasteiger partial charge in [-0.15, -0.1) is 6.58 Å². The van der Waals surface area contributed by atoms with Gasteiger partial charge in [-0.2, -0.15) is 0 Å². The summed E-state index contributed by atoms with van der Waals surface area (Å²) in [4.78, 5) is 2.19. The molecule has 3 heteroatoms. The van der Waals surface area contributed by atoms with Gasteiger partial charge in [-0.05, 0) is 40.5 Å². The Kier molecular flexibility index (Phi) is 4.16. The van der Waals surface area contributed by atoms with E-state index < -0.39 is 0 Å². The van der Waals surface area contributed by atoms with E-state index in [1.54, 1.807) is 0 Å². The van der Waals surface area contributed by atoms with E-state index in [4.69, 9.17) is 0 Å². The molecule has 3 nitrogen and oxygen atoms in total. The van der Waals surface area contributed by atoms with Gasteiger partial charge in [-0.25, -0.2) is 0 Å². The predicted molar refractivity (Wildman–Crippen MR) is 68.3 cm³/mol. The van der Waals surface area contributed by atoms with Crippen LogP contribution < -0.4 is 5.32 Å². The van der Waals surface area contributed by atoms with Crippen molar-refractivity contribution in [3.8, 4) is 0 Å². The molecule has 94 valence electrons.